The van der Waals surface area contributed by atoms with E-state index in [1.54, 1.807) is 30.4 Å². The van der Waals surface area contributed by atoms with E-state index in [1.807, 2.05) is 0 Å². The molecule has 1 fully saturated rings. The molecule has 1 amide bonds. The number of carbonyl (C=O) groups is 1. The lowest BCUT2D eigenvalue weighted by atomic mass is 10.2. The zero-order valence-corrected chi connectivity index (χ0v) is 13.8. The molecule has 3 rings (SSSR count). The van der Waals surface area contributed by atoms with Crippen LogP contribution in [0.25, 0.3) is 0 Å². The van der Waals surface area contributed by atoms with Gasteiger partial charge in [-0.25, -0.2) is 9.37 Å². The van der Waals surface area contributed by atoms with E-state index >= 15 is 0 Å². The van der Waals surface area contributed by atoms with Crippen LogP contribution in [0, 0.1) is 5.82 Å². The lowest BCUT2D eigenvalue weighted by Gasteiger charge is -2.33. The number of aromatic nitrogens is 2. The first kappa shape index (κ1) is 17.1. The molecule has 0 bridgehead atoms. The van der Waals surface area contributed by atoms with Gasteiger partial charge >= 0.3 is 0 Å². The van der Waals surface area contributed by atoms with Crippen molar-refractivity contribution in [3.05, 3.63) is 48.2 Å². The monoisotopic (exact) mass is 346 g/mol. The summed E-state index contributed by atoms with van der Waals surface area (Å²) >= 11 is 0. The van der Waals surface area contributed by atoms with Gasteiger partial charge in [0.1, 0.15) is 29.2 Å². The largest absolute Gasteiger partial charge is 0.484 e. The van der Waals surface area contributed by atoms with Crippen molar-refractivity contribution in [1.29, 1.82) is 0 Å². The fraction of sp³-hybridized carbons (Fsp3) is 0.353. The summed E-state index contributed by atoms with van der Waals surface area (Å²) < 4.78 is 24.3. The van der Waals surface area contributed by atoms with Crippen LogP contribution in [0.3, 0.4) is 0 Å². The summed E-state index contributed by atoms with van der Waals surface area (Å²) in [4.78, 5) is 22.6. The molecular weight excluding hydrogens is 327 g/mol. The number of hydrogen-bond donors (Lipinski definition) is 1. The van der Waals surface area contributed by atoms with Crippen LogP contribution in [0.1, 0.15) is 11.8 Å². The van der Waals surface area contributed by atoms with E-state index in [0.717, 1.165) is 0 Å². The fourth-order valence-corrected chi connectivity index (χ4v) is 2.61. The van der Waals surface area contributed by atoms with Crippen molar-refractivity contribution >= 4 is 11.7 Å². The Labute approximate surface area is 144 Å². The van der Waals surface area contributed by atoms with Crippen molar-refractivity contribution in [1.82, 2.24) is 14.9 Å². The fourth-order valence-electron chi connectivity index (χ4n) is 2.61. The molecule has 1 aromatic heterocycles. The Balaban J connectivity index is 1.61. The van der Waals surface area contributed by atoms with Crippen molar-refractivity contribution < 1.29 is 18.7 Å². The average molecular weight is 346 g/mol. The van der Waals surface area contributed by atoms with Crippen LogP contribution in [0.15, 0.2) is 36.7 Å². The third kappa shape index (κ3) is 4.21. The van der Waals surface area contributed by atoms with Crippen LogP contribution in [-0.2, 0) is 9.53 Å². The Kier molecular flexibility index (Phi) is 5.39. The summed E-state index contributed by atoms with van der Waals surface area (Å²) in [5, 5.41) is 2.97. The molecule has 1 N–H and O–H groups in total. The maximum absolute atomic E-state index is 13.1. The van der Waals surface area contributed by atoms with E-state index in [1.165, 1.54) is 18.2 Å². The number of hydrogen-bond acceptors (Lipinski definition) is 6. The van der Waals surface area contributed by atoms with Gasteiger partial charge in [0.15, 0.2) is 6.61 Å². The number of amides is 1. The highest BCUT2D eigenvalue weighted by atomic mass is 19.1. The van der Waals surface area contributed by atoms with E-state index in [2.05, 4.69) is 15.3 Å². The molecule has 2 heterocycles. The van der Waals surface area contributed by atoms with Crippen LogP contribution in [0.5, 0.6) is 5.75 Å². The molecule has 0 saturated carbocycles. The van der Waals surface area contributed by atoms with Crippen molar-refractivity contribution in [2.75, 3.05) is 38.7 Å². The van der Waals surface area contributed by atoms with Gasteiger partial charge in [0.25, 0.3) is 5.91 Å². The first-order valence-electron chi connectivity index (χ1n) is 7.94. The van der Waals surface area contributed by atoms with Gasteiger partial charge < -0.3 is 19.7 Å². The van der Waals surface area contributed by atoms with E-state index < -0.39 is 5.82 Å². The molecule has 2 aromatic rings. The molecule has 1 saturated heterocycles. The molecule has 1 aliphatic rings. The van der Waals surface area contributed by atoms with E-state index in [9.17, 15) is 9.18 Å². The number of halogens is 1. The van der Waals surface area contributed by atoms with Crippen LogP contribution in [0.2, 0.25) is 0 Å². The number of benzene rings is 1. The van der Waals surface area contributed by atoms with Crippen LogP contribution in [-0.4, -0.2) is 54.1 Å². The number of carbonyl (C=O) groups excluding carboxylic acids is 1. The summed E-state index contributed by atoms with van der Waals surface area (Å²) in [6.45, 7) is 1.07. The second-order valence-electron chi connectivity index (χ2n) is 5.49. The Bertz CT molecular complexity index is 743. The zero-order valence-electron chi connectivity index (χ0n) is 13.8. The van der Waals surface area contributed by atoms with Crippen molar-refractivity contribution in [3.63, 3.8) is 0 Å². The van der Waals surface area contributed by atoms with Gasteiger partial charge in [0, 0.05) is 32.1 Å². The maximum Gasteiger partial charge on any atom is 0.260 e. The Morgan fingerprint density at radius 3 is 3.08 bits per heavy atom. The number of ether oxygens (including phenoxy) is 2. The van der Waals surface area contributed by atoms with Gasteiger partial charge in [0.05, 0.1) is 13.2 Å². The highest BCUT2D eigenvalue weighted by Gasteiger charge is 2.28. The second kappa shape index (κ2) is 7.89. The number of rotatable bonds is 5. The number of anilines is 1. The first-order chi connectivity index (χ1) is 12.2. The molecular formula is C17H19FN4O3. The van der Waals surface area contributed by atoms with Crippen molar-refractivity contribution in [2.24, 2.45) is 0 Å². The van der Waals surface area contributed by atoms with Gasteiger partial charge in [-0.15, -0.1) is 0 Å². The molecule has 0 spiro atoms. The molecule has 0 radical (unpaired) electrons. The van der Waals surface area contributed by atoms with Crippen LogP contribution < -0.4 is 10.1 Å². The minimum atomic E-state index is -0.404. The molecule has 1 atom stereocenters. The Morgan fingerprint density at radius 2 is 2.28 bits per heavy atom. The SMILES string of the molecule is CNc1nccnc1[C@H]1CN(C(=O)COc2cccc(F)c2)CCO1. The summed E-state index contributed by atoms with van der Waals surface area (Å²) in [7, 11) is 1.76. The van der Waals surface area contributed by atoms with Gasteiger partial charge in [-0.1, -0.05) is 6.07 Å². The molecule has 8 heteroatoms. The van der Waals surface area contributed by atoms with Gasteiger partial charge in [-0.05, 0) is 12.1 Å². The van der Waals surface area contributed by atoms with Gasteiger partial charge in [-0.3, -0.25) is 9.78 Å². The lowest BCUT2D eigenvalue weighted by Crippen LogP contribution is -2.44. The average Bonchev–Trinajstić information content (AvgIpc) is 2.66. The lowest BCUT2D eigenvalue weighted by molar-refractivity contribution is -0.141. The highest BCUT2D eigenvalue weighted by Crippen LogP contribution is 2.25. The molecule has 132 valence electrons. The standard InChI is InChI=1S/C17H19FN4O3/c1-19-17-16(20-5-6-21-17)14-10-22(7-8-24-14)15(23)11-25-13-4-2-3-12(18)9-13/h2-6,9,14H,7-8,10-11H2,1H3,(H,19,21)/t14-/m1/s1. The molecule has 25 heavy (non-hydrogen) atoms. The first-order valence-corrected chi connectivity index (χ1v) is 7.94. The predicted molar refractivity (Wildman–Crippen MR) is 88.7 cm³/mol. The van der Waals surface area contributed by atoms with Crippen molar-refractivity contribution in [3.8, 4) is 5.75 Å². The summed E-state index contributed by atoms with van der Waals surface area (Å²) in [6, 6.07) is 5.71. The molecule has 7 nitrogen and oxygen atoms in total. The number of morpholine rings is 1. The van der Waals surface area contributed by atoms with Gasteiger partial charge in [-0.2, -0.15) is 0 Å². The minimum absolute atomic E-state index is 0.157. The van der Waals surface area contributed by atoms with Gasteiger partial charge in [0.2, 0.25) is 0 Å². The third-order valence-corrected chi connectivity index (χ3v) is 3.85. The predicted octanol–water partition coefficient (Wildman–Crippen LogP) is 1.64. The number of nitrogens with zero attached hydrogens (tertiary/aromatic N) is 3. The number of nitrogens with one attached hydrogen (secondary N) is 1. The molecule has 1 aliphatic heterocycles. The van der Waals surface area contributed by atoms with E-state index in [4.69, 9.17) is 9.47 Å². The topological polar surface area (TPSA) is 76.6 Å². The second-order valence-corrected chi connectivity index (χ2v) is 5.49. The maximum atomic E-state index is 13.1. The zero-order chi connectivity index (χ0) is 17.6. The summed E-state index contributed by atoms with van der Waals surface area (Å²) in [5.41, 5.74) is 0.661. The summed E-state index contributed by atoms with van der Waals surface area (Å²) in [5.74, 6) is 0.355. The quantitative estimate of drug-likeness (QED) is 0.887. The van der Waals surface area contributed by atoms with E-state index in [-0.39, 0.29) is 18.6 Å². The summed E-state index contributed by atoms with van der Waals surface area (Å²) in [6.07, 6.45) is 2.82. The van der Waals surface area contributed by atoms with Crippen LogP contribution >= 0.6 is 0 Å². The minimum Gasteiger partial charge on any atom is -0.484 e. The highest BCUT2D eigenvalue weighted by molar-refractivity contribution is 5.78. The third-order valence-electron chi connectivity index (χ3n) is 3.85. The Hall–Kier alpha value is -2.74. The van der Waals surface area contributed by atoms with Crippen LogP contribution in [0.4, 0.5) is 10.2 Å². The van der Waals surface area contributed by atoms with E-state index in [0.29, 0.717) is 37.0 Å². The smallest absolute Gasteiger partial charge is 0.260 e. The molecule has 1 aromatic carbocycles. The molecule has 0 aliphatic carbocycles. The normalized spacial score (nSPS) is 17.2. The van der Waals surface area contributed by atoms with Crippen molar-refractivity contribution in [2.45, 2.75) is 6.10 Å². The Morgan fingerprint density at radius 1 is 1.44 bits per heavy atom. The molecule has 0 unspecified atom stereocenters.